The molecule has 110 valence electrons. The molecule has 0 atom stereocenters. The fourth-order valence-electron chi connectivity index (χ4n) is 2.07. The molecule has 22 heavy (non-hydrogen) atoms. The smallest absolute Gasteiger partial charge is 0.193 e. The van der Waals surface area contributed by atoms with Crippen molar-refractivity contribution in [2.24, 2.45) is 0 Å². The predicted molar refractivity (Wildman–Crippen MR) is 82.8 cm³/mol. The molecule has 0 amide bonds. The number of phenolic OH excluding ortho intramolecular Hbond substituents is 3. The van der Waals surface area contributed by atoms with Gasteiger partial charge in [0.25, 0.3) is 0 Å². The van der Waals surface area contributed by atoms with Crippen molar-refractivity contribution in [2.45, 2.75) is 0 Å². The van der Waals surface area contributed by atoms with Gasteiger partial charge in [-0.3, -0.25) is 4.79 Å². The Morgan fingerprint density at radius 2 is 1.68 bits per heavy atom. The number of hydrogen-bond acceptors (Lipinski definition) is 5. The lowest BCUT2D eigenvalue weighted by atomic mass is 10.1. The molecule has 0 aliphatic heterocycles. The fourth-order valence-corrected chi connectivity index (χ4v) is 2.07. The summed E-state index contributed by atoms with van der Waals surface area (Å²) in [6.07, 6.45) is 3.20. The third kappa shape index (κ3) is 2.64. The van der Waals surface area contributed by atoms with Crippen molar-refractivity contribution in [3.63, 3.8) is 0 Å². The van der Waals surface area contributed by atoms with E-state index in [2.05, 4.69) is 0 Å². The van der Waals surface area contributed by atoms with Gasteiger partial charge < -0.3 is 19.7 Å². The maximum atomic E-state index is 12.0. The summed E-state index contributed by atoms with van der Waals surface area (Å²) < 4.78 is 5.54. The lowest BCUT2D eigenvalue weighted by Gasteiger charge is -2.01. The SMILES string of the molecule is O=c1cc(/C=C/c2ccc(O)c(O)c2)oc2cc(O)ccc12. The molecule has 3 N–H and O–H groups in total. The van der Waals surface area contributed by atoms with Crippen LogP contribution in [0.4, 0.5) is 0 Å². The van der Waals surface area contributed by atoms with Crippen LogP contribution >= 0.6 is 0 Å². The molecule has 1 aromatic heterocycles. The van der Waals surface area contributed by atoms with E-state index in [4.69, 9.17) is 4.42 Å². The van der Waals surface area contributed by atoms with Crippen LogP contribution in [0.2, 0.25) is 0 Å². The molecule has 0 bridgehead atoms. The zero-order chi connectivity index (χ0) is 15.7. The van der Waals surface area contributed by atoms with Crippen molar-refractivity contribution in [3.8, 4) is 17.2 Å². The van der Waals surface area contributed by atoms with Crippen LogP contribution in [0.25, 0.3) is 23.1 Å². The Balaban J connectivity index is 2.01. The fraction of sp³-hybridized carbons (Fsp3) is 0. The molecule has 1 heterocycles. The Morgan fingerprint density at radius 1 is 0.864 bits per heavy atom. The second-order valence-corrected chi connectivity index (χ2v) is 4.77. The quantitative estimate of drug-likeness (QED) is 0.632. The summed E-state index contributed by atoms with van der Waals surface area (Å²) >= 11 is 0. The minimum Gasteiger partial charge on any atom is -0.508 e. The molecule has 5 nitrogen and oxygen atoms in total. The molecule has 0 saturated heterocycles. The summed E-state index contributed by atoms with van der Waals surface area (Å²) in [6.45, 7) is 0. The summed E-state index contributed by atoms with van der Waals surface area (Å²) in [5, 5.41) is 28.5. The van der Waals surface area contributed by atoms with Gasteiger partial charge in [-0.25, -0.2) is 0 Å². The number of rotatable bonds is 2. The van der Waals surface area contributed by atoms with Crippen LogP contribution in [0.15, 0.2) is 51.7 Å². The monoisotopic (exact) mass is 296 g/mol. The van der Waals surface area contributed by atoms with Gasteiger partial charge in [0, 0.05) is 12.1 Å². The van der Waals surface area contributed by atoms with Gasteiger partial charge >= 0.3 is 0 Å². The van der Waals surface area contributed by atoms with Crippen LogP contribution < -0.4 is 5.43 Å². The number of phenols is 3. The van der Waals surface area contributed by atoms with Crippen molar-refractivity contribution in [2.75, 3.05) is 0 Å². The Labute approximate surface area is 125 Å². The van der Waals surface area contributed by atoms with Crippen LogP contribution in [-0.4, -0.2) is 15.3 Å². The van der Waals surface area contributed by atoms with E-state index >= 15 is 0 Å². The number of benzene rings is 2. The van der Waals surface area contributed by atoms with Crippen LogP contribution in [0.3, 0.4) is 0 Å². The van der Waals surface area contributed by atoms with E-state index < -0.39 is 0 Å². The van der Waals surface area contributed by atoms with Gasteiger partial charge in [-0.05, 0) is 35.9 Å². The molecule has 0 aliphatic rings. The van der Waals surface area contributed by atoms with E-state index in [9.17, 15) is 20.1 Å². The van der Waals surface area contributed by atoms with Gasteiger partial charge in [0.15, 0.2) is 16.9 Å². The normalized spacial score (nSPS) is 11.3. The third-order valence-corrected chi connectivity index (χ3v) is 3.17. The highest BCUT2D eigenvalue weighted by molar-refractivity contribution is 5.79. The van der Waals surface area contributed by atoms with Crippen molar-refractivity contribution in [1.82, 2.24) is 0 Å². The molecule has 3 aromatic rings. The summed E-state index contributed by atoms with van der Waals surface area (Å²) in [6, 6.07) is 10.0. The number of aromatic hydroxyl groups is 3. The third-order valence-electron chi connectivity index (χ3n) is 3.17. The molecule has 3 rings (SSSR count). The first-order valence-electron chi connectivity index (χ1n) is 6.50. The van der Waals surface area contributed by atoms with Crippen LogP contribution in [0.5, 0.6) is 17.2 Å². The molecule has 5 heteroatoms. The molecular weight excluding hydrogens is 284 g/mol. The standard InChI is InChI=1S/C17H12O5/c18-11-3-5-13-15(20)9-12(22-17(13)8-11)4-1-10-2-6-14(19)16(21)7-10/h1-9,18-19,21H/b4-1+. The van der Waals surface area contributed by atoms with Gasteiger partial charge in [-0.2, -0.15) is 0 Å². The highest BCUT2D eigenvalue weighted by Gasteiger charge is 2.04. The number of hydrogen-bond donors (Lipinski definition) is 3. The molecule has 0 unspecified atom stereocenters. The van der Waals surface area contributed by atoms with E-state index in [1.165, 1.54) is 36.4 Å². The Kier molecular flexibility index (Phi) is 3.31. The van der Waals surface area contributed by atoms with Gasteiger partial charge in [0.2, 0.25) is 0 Å². The van der Waals surface area contributed by atoms with E-state index in [1.54, 1.807) is 18.2 Å². The highest BCUT2D eigenvalue weighted by atomic mass is 16.3. The van der Waals surface area contributed by atoms with Gasteiger partial charge in [0.05, 0.1) is 5.39 Å². The van der Waals surface area contributed by atoms with Gasteiger partial charge in [0.1, 0.15) is 17.1 Å². The Hall–Kier alpha value is -3.21. The van der Waals surface area contributed by atoms with Crippen molar-refractivity contribution < 1.29 is 19.7 Å². The maximum Gasteiger partial charge on any atom is 0.193 e. The van der Waals surface area contributed by atoms with E-state index in [0.29, 0.717) is 22.3 Å². The largest absolute Gasteiger partial charge is 0.508 e. The maximum absolute atomic E-state index is 12.0. The van der Waals surface area contributed by atoms with Crippen molar-refractivity contribution >= 4 is 23.1 Å². The summed E-state index contributed by atoms with van der Waals surface area (Å²) in [5.74, 6) is -0.104. The van der Waals surface area contributed by atoms with E-state index in [0.717, 1.165) is 0 Å². The average Bonchev–Trinajstić information content (AvgIpc) is 2.48. The van der Waals surface area contributed by atoms with Crippen molar-refractivity contribution in [1.29, 1.82) is 0 Å². The first-order chi connectivity index (χ1) is 10.5. The van der Waals surface area contributed by atoms with Crippen LogP contribution in [0.1, 0.15) is 11.3 Å². The molecule has 0 saturated carbocycles. The zero-order valence-electron chi connectivity index (χ0n) is 11.4. The highest BCUT2D eigenvalue weighted by Crippen LogP contribution is 2.26. The lowest BCUT2D eigenvalue weighted by molar-refractivity contribution is 0.403. The first-order valence-corrected chi connectivity index (χ1v) is 6.50. The summed E-state index contributed by atoms with van der Waals surface area (Å²) in [4.78, 5) is 12.0. The average molecular weight is 296 g/mol. The Bertz CT molecular complexity index is 937. The zero-order valence-corrected chi connectivity index (χ0v) is 11.4. The lowest BCUT2D eigenvalue weighted by Crippen LogP contribution is -1.99. The second kappa shape index (κ2) is 5.29. The van der Waals surface area contributed by atoms with Crippen LogP contribution in [0, 0.1) is 0 Å². The van der Waals surface area contributed by atoms with Crippen LogP contribution in [-0.2, 0) is 0 Å². The minimum absolute atomic E-state index is 0.0141. The molecule has 2 aromatic carbocycles. The predicted octanol–water partition coefficient (Wildman–Crippen LogP) is 3.08. The number of fused-ring (bicyclic) bond motifs is 1. The first kappa shape index (κ1) is 13.8. The summed E-state index contributed by atoms with van der Waals surface area (Å²) in [5.41, 5.74) is 0.712. The Morgan fingerprint density at radius 3 is 2.45 bits per heavy atom. The molecule has 0 aliphatic carbocycles. The van der Waals surface area contributed by atoms with Crippen molar-refractivity contribution in [3.05, 3.63) is 64.0 Å². The molecule has 0 spiro atoms. The van der Waals surface area contributed by atoms with E-state index in [-0.39, 0.29) is 22.7 Å². The molecule has 0 fully saturated rings. The topological polar surface area (TPSA) is 90.9 Å². The second-order valence-electron chi connectivity index (χ2n) is 4.77. The minimum atomic E-state index is -0.230. The van der Waals surface area contributed by atoms with Gasteiger partial charge in [-0.15, -0.1) is 0 Å². The van der Waals surface area contributed by atoms with E-state index in [1.807, 2.05) is 0 Å². The molecule has 0 radical (unpaired) electrons. The molecular formula is C17H12O5. The van der Waals surface area contributed by atoms with Gasteiger partial charge in [-0.1, -0.05) is 12.1 Å². The summed E-state index contributed by atoms with van der Waals surface area (Å²) in [7, 11) is 0.